The highest BCUT2D eigenvalue weighted by atomic mass is 16.5. The van der Waals surface area contributed by atoms with Gasteiger partial charge in [-0.15, -0.1) is 0 Å². The molecule has 2 N–H and O–H groups in total. The maximum atomic E-state index is 13.6. The van der Waals surface area contributed by atoms with Crippen LogP contribution in [-0.2, 0) is 16.1 Å². The molecule has 0 unspecified atom stereocenters. The standard InChI is InChI=1S/C36H46N6O4/c1-22-32(38-42-20-27(18-31(46-4)33(22)42)36(44)40-14-6-8-28(37)21-40)30-17-26-7-5-9-29(34(26)41(30)19-24-10-11-24)25-12-15-39(16-13-25)35(43)23(2)45-3/h5,7,9,17-18,20,23-25,28H,6,8,10-16,19,21,37H2,1-4H3/t23-,28-/m1/s1. The molecule has 0 spiro atoms. The Morgan fingerprint density at radius 3 is 2.50 bits per heavy atom. The number of para-hydroxylation sites is 1. The van der Waals surface area contributed by atoms with Crippen molar-refractivity contribution < 1.29 is 19.1 Å². The average molecular weight is 627 g/mol. The summed E-state index contributed by atoms with van der Waals surface area (Å²) < 4.78 is 15.5. The van der Waals surface area contributed by atoms with Gasteiger partial charge in [0, 0.05) is 63.0 Å². The van der Waals surface area contributed by atoms with Crippen LogP contribution in [0.15, 0.2) is 36.5 Å². The molecule has 1 aromatic carbocycles. The number of ether oxygens (including phenoxy) is 2. The van der Waals surface area contributed by atoms with Crippen molar-refractivity contribution in [3.8, 4) is 17.1 Å². The Kier molecular flexibility index (Phi) is 8.27. The topological polar surface area (TPSA) is 107 Å². The number of likely N-dealkylation sites (tertiary alicyclic amines) is 2. The van der Waals surface area contributed by atoms with Crippen molar-refractivity contribution in [2.24, 2.45) is 11.7 Å². The second-order valence-corrected chi connectivity index (χ2v) is 13.6. The highest BCUT2D eigenvalue weighted by molar-refractivity contribution is 5.96. The Morgan fingerprint density at radius 2 is 1.80 bits per heavy atom. The summed E-state index contributed by atoms with van der Waals surface area (Å²) in [6, 6.07) is 10.8. The second kappa shape index (κ2) is 12.4. The van der Waals surface area contributed by atoms with Crippen LogP contribution in [0.25, 0.3) is 27.8 Å². The number of carbonyl (C=O) groups is 2. The summed E-state index contributed by atoms with van der Waals surface area (Å²) in [5.74, 6) is 1.69. The highest BCUT2D eigenvalue weighted by Gasteiger charge is 2.31. The number of carbonyl (C=O) groups excluding carboxylic acids is 2. The van der Waals surface area contributed by atoms with Gasteiger partial charge in [0.1, 0.15) is 23.1 Å². The quantitative estimate of drug-likeness (QED) is 0.296. The van der Waals surface area contributed by atoms with Gasteiger partial charge >= 0.3 is 0 Å². The summed E-state index contributed by atoms with van der Waals surface area (Å²) in [6.07, 6.45) is 7.61. The molecular formula is C36H46N6O4. The zero-order valence-corrected chi connectivity index (χ0v) is 27.5. The Bertz CT molecular complexity index is 1780. The van der Waals surface area contributed by atoms with Gasteiger partial charge in [0.15, 0.2) is 0 Å². The van der Waals surface area contributed by atoms with Crippen molar-refractivity contribution in [2.75, 3.05) is 40.4 Å². The molecule has 2 aliphatic heterocycles. The van der Waals surface area contributed by atoms with E-state index in [-0.39, 0.29) is 17.9 Å². The molecule has 3 aliphatic rings. The summed E-state index contributed by atoms with van der Waals surface area (Å²) in [4.78, 5) is 30.1. The fourth-order valence-electron chi connectivity index (χ4n) is 7.58. The number of nitrogens with zero attached hydrogens (tertiary/aromatic N) is 5. The molecule has 3 aromatic heterocycles. The highest BCUT2D eigenvalue weighted by Crippen LogP contribution is 2.42. The third kappa shape index (κ3) is 5.55. The van der Waals surface area contributed by atoms with Crippen molar-refractivity contribution in [1.82, 2.24) is 24.0 Å². The van der Waals surface area contributed by atoms with E-state index in [1.165, 1.54) is 29.3 Å². The van der Waals surface area contributed by atoms with Gasteiger partial charge in [-0.25, -0.2) is 4.52 Å². The first kappa shape index (κ1) is 30.7. The Morgan fingerprint density at radius 1 is 1.02 bits per heavy atom. The van der Waals surface area contributed by atoms with E-state index in [0.717, 1.165) is 67.8 Å². The molecule has 10 nitrogen and oxygen atoms in total. The largest absolute Gasteiger partial charge is 0.494 e. The second-order valence-electron chi connectivity index (χ2n) is 13.6. The van der Waals surface area contributed by atoms with Crippen LogP contribution < -0.4 is 10.5 Å². The lowest BCUT2D eigenvalue weighted by Gasteiger charge is -2.34. The SMILES string of the molecule is COc1cc(C(=O)N2CCC[C@@H](N)C2)cn2nc(-c3cc4cccc(C5CCN(C(=O)[C@@H](C)OC)CC5)c4n3CC3CC3)c(C)c12. The van der Waals surface area contributed by atoms with Crippen LogP contribution >= 0.6 is 0 Å². The normalized spacial score (nSPS) is 20.1. The van der Waals surface area contributed by atoms with Crippen LogP contribution in [0.4, 0.5) is 0 Å². The van der Waals surface area contributed by atoms with Crippen LogP contribution in [0, 0.1) is 12.8 Å². The lowest BCUT2D eigenvalue weighted by molar-refractivity contribution is -0.142. The zero-order chi connectivity index (χ0) is 32.1. The van der Waals surface area contributed by atoms with Gasteiger partial charge < -0.3 is 29.6 Å². The number of aromatic nitrogens is 3. The van der Waals surface area contributed by atoms with Crippen LogP contribution in [0.5, 0.6) is 5.75 Å². The average Bonchev–Trinajstić information content (AvgIpc) is 3.75. The van der Waals surface area contributed by atoms with E-state index in [4.69, 9.17) is 20.3 Å². The van der Waals surface area contributed by atoms with Gasteiger partial charge in [-0.2, -0.15) is 5.10 Å². The lowest BCUT2D eigenvalue weighted by Crippen LogP contribution is -2.45. The first-order valence-corrected chi connectivity index (χ1v) is 16.8. The van der Waals surface area contributed by atoms with Crippen molar-refractivity contribution >= 4 is 28.2 Å². The summed E-state index contributed by atoms with van der Waals surface area (Å²) >= 11 is 0. The van der Waals surface area contributed by atoms with Crippen LogP contribution in [0.1, 0.15) is 72.9 Å². The van der Waals surface area contributed by atoms with Crippen molar-refractivity contribution in [1.29, 1.82) is 0 Å². The minimum Gasteiger partial charge on any atom is -0.494 e. The molecule has 7 rings (SSSR count). The number of amides is 2. The Balaban J connectivity index is 1.28. The minimum absolute atomic E-state index is 0.00884. The van der Waals surface area contributed by atoms with Crippen molar-refractivity contribution in [3.63, 3.8) is 0 Å². The number of pyridine rings is 1. The van der Waals surface area contributed by atoms with Gasteiger partial charge in [-0.05, 0) is 81.9 Å². The molecule has 5 heterocycles. The van der Waals surface area contributed by atoms with E-state index in [1.54, 1.807) is 14.2 Å². The molecule has 1 saturated carbocycles. The van der Waals surface area contributed by atoms with Crippen LogP contribution in [0.2, 0.25) is 0 Å². The molecule has 0 radical (unpaired) electrons. The summed E-state index contributed by atoms with van der Waals surface area (Å²) in [6.45, 7) is 7.61. The van der Waals surface area contributed by atoms with E-state index < -0.39 is 6.10 Å². The molecular weight excluding hydrogens is 580 g/mol. The molecule has 1 aliphatic carbocycles. The fraction of sp³-hybridized carbons (Fsp3) is 0.528. The molecule has 46 heavy (non-hydrogen) atoms. The monoisotopic (exact) mass is 626 g/mol. The van der Waals surface area contributed by atoms with E-state index in [9.17, 15) is 9.59 Å². The maximum Gasteiger partial charge on any atom is 0.255 e. The van der Waals surface area contributed by atoms with Gasteiger partial charge in [-0.1, -0.05) is 18.2 Å². The Labute approximate surface area is 270 Å². The van der Waals surface area contributed by atoms with Crippen molar-refractivity contribution in [2.45, 2.75) is 77.0 Å². The molecule has 0 bridgehead atoms. The number of rotatable bonds is 8. The minimum atomic E-state index is -0.414. The molecule has 244 valence electrons. The smallest absolute Gasteiger partial charge is 0.255 e. The molecule has 2 amide bonds. The zero-order valence-electron chi connectivity index (χ0n) is 27.5. The van der Waals surface area contributed by atoms with E-state index >= 15 is 0 Å². The summed E-state index contributed by atoms with van der Waals surface area (Å²) in [7, 11) is 3.24. The number of piperidine rings is 2. The van der Waals surface area contributed by atoms with E-state index in [2.05, 4.69) is 35.8 Å². The maximum absolute atomic E-state index is 13.6. The predicted molar refractivity (Wildman–Crippen MR) is 178 cm³/mol. The lowest BCUT2D eigenvalue weighted by atomic mass is 9.88. The number of fused-ring (bicyclic) bond motifs is 2. The number of hydrogen-bond donors (Lipinski definition) is 1. The molecule has 4 aromatic rings. The third-order valence-electron chi connectivity index (χ3n) is 10.4. The number of methoxy groups -OCH3 is 2. The molecule has 10 heteroatoms. The predicted octanol–water partition coefficient (Wildman–Crippen LogP) is 4.99. The van der Waals surface area contributed by atoms with Crippen LogP contribution in [-0.4, -0.2) is 88.3 Å². The third-order valence-corrected chi connectivity index (χ3v) is 10.4. The van der Waals surface area contributed by atoms with Gasteiger partial charge in [0.05, 0.1) is 23.9 Å². The first-order chi connectivity index (χ1) is 22.3. The van der Waals surface area contributed by atoms with E-state index in [1.807, 2.05) is 33.5 Å². The fourth-order valence-corrected chi connectivity index (χ4v) is 7.58. The Hall–Kier alpha value is -3.89. The number of nitrogens with two attached hydrogens (primary N) is 1. The van der Waals surface area contributed by atoms with Gasteiger partial charge in [0.2, 0.25) is 0 Å². The number of benzene rings is 1. The van der Waals surface area contributed by atoms with Gasteiger partial charge in [0.25, 0.3) is 11.8 Å². The first-order valence-electron chi connectivity index (χ1n) is 16.8. The molecule has 3 fully saturated rings. The summed E-state index contributed by atoms with van der Waals surface area (Å²) in [5.41, 5.74) is 13.3. The van der Waals surface area contributed by atoms with E-state index in [0.29, 0.717) is 36.2 Å². The van der Waals surface area contributed by atoms with Crippen LogP contribution in [0.3, 0.4) is 0 Å². The number of aryl methyl sites for hydroxylation is 1. The summed E-state index contributed by atoms with van der Waals surface area (Å²) in [5, 5.41) is 6.35. The van der Waals surface area contributed by atoms with Gasteiger partial charge in [-0.3, -0.25) is 9.59 Å². The number of hydrogen-bond acceptors (Lipinski definition) is 6. The molecule has 2 saturated heterocycles. The van der Waals surface area contributed by atoms with Crippen molar-refractivity contribution in [3.05, 3.63) is 53.2 Å². The molecule has 2 atom stereocenters.